The molecule has 2 unspecified atom stereocenters. The molecule has 52 heavy (non-hydrogen) atoms. The minimum atomic E-state index is -4.18. The number of anilines is 1. The number of aromatic hydroxyl groups is 1. The van der Waals surface area contributed by atoms with Crippen LogP contribution in [0.1, 0.15) is 30.0 Å². The highest BCUT2D eigenvalue weighted by molar-refractivity contribution is 7.90. The van der Waals surface area contributed by atoms with Crippen LogP contribution in [0, 0.1) is 24.1 Å². The molecule has 0 spiro atoms. The first-order valence-corrected chi connectivity index (χ1v) is 18.4. The lowest BCUT2D eigenvalue weighted by Gasteiger charge is -2.56. The van der Waals surface area contributed by atoms with Gasteiger partial charge in [0.15, 0.2) is 5.65 Å². The topological polar surface area (TPSA) is 153 Å². The Morgan fingerprint density at radius 3 is 2.46 bits per heavy atom. The number of aliphatic hydroxyl groups is 1. The van der Waals surface area contributed by atoms with Gasteiger partial charge in [0.05, 0.1) is 35.0 Å². The first-order chi connectivity index (χ1) is 25.0. The number of phenolic OH excluding ortho intramolecular Hbond substituents is 1. The Labute approximate surface area is 299 Å². The molecule has 6 aromatic rings. The molecular weight excluding hydrogens is 684 g/mol. The number of benzene rings is 2. The summed E-state index contributed by atoms with van der Waals surface area (Å²) in [6.45, 7) is 5.64. The smallest absolute Gasteiger partial charge is 0.269 e. The molecule has 0 aliphatic carbocycles. The summed E-state index contributed by atoms with van der Waals surface area (Å²) >= 11 is 0. The molecule has 3 aliphatic heterocycles. The van der Waals surface area contributed by atoms with Crippen molar-refractivity contribution in [3.8, 4) is 34.2 Å². The molecule has 3 aliphatic rings. The van der Waals surface area contributed by atoms with Crippen molar-refractivity contribution >= 4 is 26.9 Å². The molecule has 264 valence electrons. The molecule has 2 bridgehead atoms. The first-order valence-electron chi connectivity index (χ1n) is 16.9. The number of rotatable bonds is 9. The highest BCUT2D eigenvalue weighted by Gasteiger charge is 2.45. The molecule has 9 rings (SSSR count). The van der Waals surface area contributed by atoms with Crippen LogP contribution >= 0.6 is 0 Å². The molecule has 3 fully saturated rings. The van der Waals surface area contributed by atoms with Gasteiger partial charge in [0.1, 0.15) is 23.5 Å². The van der Waals surface area contributed by atoms with E-state index in [0.717, 1.165) is 17.8 Å². The molecule has 0 radical (unpaired) electrons. The molecule has 2 N–H and O–H groups in total. The summed E-state index contributed by atoms with van der Waals surface area (Å²) in [5.41, 5.74) is 3.83. The minimum absolute atomic E-state index is 0.0813. The molecule has 2 aromatic carbocycles. The molecule has 0 amide bonds. The van der Waals surface area contributed by atoms with Crippen molar-refractivity contribution in [1.29, 1.82) is 5.26 Å². The summed E-state index contributed by atoms with van der Waals surface area (Å²) in [7, 11) is -4.18. The zero-order valence-corrected chi connectivity index (χ0v) is 29.2. The summed E-state index contributed by atoms with van der Waals surface area (Å²) in [4.78, 5) is 13.9. The van der Waals surface area contributed by atoms with Crippen LogP contribution in [-0.4, -0.2) is 78.5 Å². The summed E-state index contributed by atoms with van der Waals surface area (Å²) in [6, 6.07) is 18.8. The second kappa shape index (κ2) is 12.9. The lowest BCUT2D eigenvalue weighted by atomic mass is 9.86. The zero-order chi connectivity index (χ0) is 36.3. The number of aromatic nitrogens is 5. The van der Waals surface area contributed by atoms with Crippen LogP contribution in [0.15, 0.2) is 90.3 Å². The number of phenols is 1. The van der Waals surface area contributed by atoms with Gasteiger partial charge in [-0.15, -0.1) is 0 Å². The van der Waals surface area contributed by atoms with Crippen molar-refractivity contribution in [2.45, 2.75) is 56.4 Å². The number of nitriles is 1. The van der Waals surface area contributed by atoms with Gasteiger partial charge in [0, 0.05) is 77.9 Å². The Hall–Kier alpha value is -5.62. The maximum atomic E-state index is 14.3. The third-order valence-corrected chi connectivity index (χ3v) is 11.7. The van der Waals surface area contributed by atoms with Gasteiger partial charge >= 0.3 is 0 Å². The number of halogens is 1. The number of aliphatic hydroxyl groups excluding tert-OH is 1. The molecule has 0 saturated carbocycles. The molecule has 3 atom stereocenters. The third kappa shape index (κ3) is 5.86. The molecular formula is C38H35FN8O4S. The second-order valence-electron chi connectivity index (χ2n) is 13.6. The van der Waals surface area contributed by atoms with Gasteiger partial charge in [0.2, 0.25) is 0 Å². The Morgan fingerprint density at radius 2 is 1.77 bits per heavy atom. The fourth-order valence-corrected chi connectivity index (χ4v) is 8.86. The van der Waals surface area contributed by atoms with E-state index in [-0.39, 0.29) is 46.3 Å². The fourth-order valence-electron chi connectivity index (χ4n) is 7.38. The standard InChI is InChI=1S/C38H35FN8O4S/c1-23-3-7-32(8-4-23)52(50,51)47-34(28-17-43-45(19-28)18-24(2)48)13-33-37(27(14-40)16-42-38(33)47)25-5-10-36(41-15-25)44-21-30-12-31(22-44)46(30)20-26-11-29(39)6-9-35(26)49/h3-11,13,15-17,19,24,30-31,48-49H,12,18,20-22H2,1-2H3/t24-,30?,31?/m1/s1. The Bertz CT molecular complexity index is 2460. The quantitative estimate of drug-likeness (QED) is 0.207. The van der Waals surface area contributed by atoms with E-state index in [1.165, 1.54) is 28.4 Å². The highest BCUT2D eigenvalue weighted by atomic mass is 32.2. The zero-order valence-electron chi connectivity index (χ0n) is 28.4. The maximum absolute atomic E-state index is 14.3. The van der Waals surface area contributed by atoms with Gasteiger partial charge in [-0.2, -0.15) is 10.4 Å². The van der Waals surface area contributed by atoms with Crippen molar-refractivity contribution in [3.63, 3.8) is 0 Å². The van der Waals surface area contributed by atoms with Gasteiger partial charge in [-0.05, 0) is 68.8 Å². The van der Waals surface area contributed by atoms with Crippen LogP contribution in [0.4, 0.5) is 10.2 Å². The summed E-state index contributed by atoms with van der Waals surface area (Å²) in [6.07, 6.45) is 6.64. The van der Waals surface area contributed by atoms with Crippen LogP contribution in [0.3, 0.4) is 0 Å². The predicted molar refractivity (Wildman–Crippen MR) is 192 cm³/mol. The monoisotopic (exact) mass is 718 g/mol. The largest absolute Gasteiger partial charge is 0.508 e. The van der Waals surface area contributed by atoms with E-state index in [1.54, 1.807) is 60.5 Å². The maximum Gasteiger partial charge on any atom is 0.269 e. The van der Waals surface area contributed by atoms with Crippen LogP contribution in [-0.2, 0) is 23.1 Å². The number of hydrogen-bond acceptors (Lipinski definition) is 10. The molecule has 14 heteroatoms. The number of fused-ring (bicyclic) bond motifs is 3. The molecule has 12 nitrogen and oxygen atoms in total. The van der Waals surface area contributed by atoms with Crippen LogP contribution in [0.25, 0.3) is 33.4 Å². The van der Waals surface area contributed by atoms with Crippen LogP contribution in [0.2, 0.25) is 0 Å². The van der Waals surface area contributed by atoms with E-state index in [4.69, 9.17) is 4.98 Å². The van der Waals surface area contributed by atoms with Crippen molar-refractivity contribution in [2.75, 3.05) is 18.0 Å². The second-order valence-corrected chi connectivity index (χ2v) is 15.4. The van der Waals surface area contributed by atoms with Gasteiger partial charge in [-0.1, -0.05) is 17.7 Å². The van der Waals surface area contributed by atoms with Crippen molar-refractivity contribution in [3.05, 3.63) is 108 Å². The number of hydrogen-bond donors (Lipinski definition) is 2. The normalized spacial score (nSPS) is 17.9. The molecule has 7 heterocycles. The number of aryl methyl sites for hydroxylation is 1. The summed E-state index contributed by atoms with van der Waals surface area (Å²) in [5.74, 6) is 0.477. The van der Waals surface area contributed by atoms with E-state index in [2.05, 4.69) is 26.0 Å². The van der Waals surface area contributed by atoms with E-state index in [1.807, 2.05) is 19.1 Å². The van der Waals surface area contributed by atoms with Crippen LogP contribution in [0.5, 0.6) is 5.75 Å². The molecule has 3 saturated heterocycles. The number of nitrogens with zero attached hydrogens (tertiary/aromatic N) is 8. The fraction of sp³-hybridized carbons (Fsp3) is 0.263. The van der Waals surface area contributed by atoms with Gasteiger partial charge in [0.25, 0.3) is 10.0 Å². The number of piperazine rings is 1. The van der Waals surface area contributed by atoms with Crippen LogP contribution < -0.4 is 4.90 Å². The average Bonchev–Trinajstić information content (AvgIpc) is 3.76. The van der Waals surface area contributed by atoms with Gasteiger partial charge in [-0.25, -0.2) is 26.7 Å². The van der Waals surface area contributed by atoms with Crippen molar-refractivity contribution in [2.24, 2.45) is 0 Å². The van der Waals surface area contributed by atoms with E-state index in [0.29, 0.717) is 53.0 Å². The van der Waals surface area contributed by atoms with Gasteiger partial charge < -0.3 is 15.1 Å². The summed E-state index contributed by atoms with van der Waals surface area (Å²) in [5, 5.41) is 35.2. The first kappa shape index (κ1) is 33.5. The molecule has 4 aromatic heterocycles. The average molecular weight is 719 g/mol. The Morgan fingerprint density at radius 1 is 1.00 bits per heavy atom. The highest BCUT2D eigenvalue weighted by Crippen LogP contribution is 2.40. The van der Waals surface area contributed by atoms with E-state index in [9.17, 15) is 28.3 Å². The van der Waals surface area contributed by atoms with E-state index >= 15 is 0 Å². The summed E-state index contributed by atoms with van der Waals surface area (Å²) < 4.78 is 45.3. The Kier molecular flexibility index (Phi) is 8.29. The Balaban J connectivity index is 1.15. The third-order valence-electron chi connectivity index (χ3n) is 9.95. The van der Waals surface area contributed by atoms with Gasteiger partial charge in [-0.3, -0.25) is 9.58 Å². The number of pyridine rings is 2. The predicted octanol–water partition coefficient (Wildman–Crippen LogP) is 5.07. The lowest BCUT2D eigenvalue weighted by molar-refractivity contribution is -0.00921. The SMILES string of the molecule is Cc1ccc(S(=O)(=O)n2c(-c3cnn(C[C@@H](C)O)c3)cc3c(-c4ccc(N5CC6CC(C5)N6Cc5cc(F)ccc5O)nc4)c(C#N)cnc32)cc1. The lowest BCUT2D eigenvalue weighted by Crippen LogP contribution is -2.68. The number of piperidine rings is 1. The van der Waals surface area contributed by atoms with Crippen molar-refractivity contribution < 1.29 is 23.0 Å². The van der Waals surface area contributed by atoms with E-state index < -0.39 is 16.1 Å². The minimum Gasteiger partial charge on any atom is -0.508 e. The van der Waals surface area contributed by atoms with Crippen molar-refractivity contribution in [1.82, 2.24) is 28.6 Å².